The molecule has 0 bridgehead atoms. The second-order valence-corrected chi connectivity index (χ2v) is 4.51. The van der Waals surface area contributed by atoms with Gasteiger partial charge in [0.05, 0.1) is 16.9 Å². The summed E-state index contributed by atoms with van der Waals surface area (Å²) in [6.45, 7) is 8.39. The zero-order chi connectivity index (χ0) is 12.0. The molecule has 0 aliphatic rings. The van der Waals surface area contributed by atoms with Crippen LogP contribution >= 0.6 is 11.6 Å². The van der Waals surface area contributed by atoms with E-state index < -0.39 is 0 Å². The van der Waals surface area contributed by atoms with Crippen LogP contribution < -0.4 is 5.32 Å². The van der Waals surface area contributed by atoms with Crippen molar-refractivity contribution in [1.82, 2.24) is 15.1 Å². The largest absolute Gasteiger partial charge is 0.314 e. The van der Waals surface area contributed by atoms with Gasteiger partial charge in [-0.15, -0.1) is 0 Å². The SMILES string of the molecule is CCNC(CC)CCCn1ncc(Cl)c1C. The van der Waals surface area contributed by atoms with Crippen LogP contribution in [0.1, 0.15) is 38.8 Å². The van der Waals surface area contributed by atoms with E-state index in [2.05, 4.69) is 24.3 Å². The van der Waals surface area contributed by atoms with Crippen LogP contribution in [0.2, 0.25) is 5.02 Å². The summed E-state index contributed by atoms with van der Waals surface area (Å²) < 4.78 is 1.99. The van der Waals surface area contributed by atoms with Gasteiger partial charge in [0, 0.05) is 12.6 Å². The minimum absolute atomic E-state index is 0.636. The van der Waals surface area contributed by atoms with Gasteiger partial charge in [-0.05, 0) is 32.7 Å². The predicted molar refractivity (Wildman–Crippen MR) is 69.0 cm³/mol. The molecule has 1 heterocycles. The van der Waals surface area contributed by atoms with Gasteiger partial charge in [-0.1, -0.05) is 25.4 Å². The highest BCUT2D eigenvalue weighted by atomic mass is 35.5. The maximum Gasteiger partial charge on any atom is 0.0814 e. The first kappa shape index (κ1) is 13.5. The summed E-state index contributed by atoms with van der Waals surface area (Å²) in [6.07, 6.45) is 5.25. The highest BCUT2D eigenvalue weighted by molar-refractivity contribution is 6.31. The molecule has 92 valence electrons. The van der Waals surface area contributed by atoms with Gasteiger partial charge in [-0.2, -0.15) is 5.10 Å². The lowest BCUT2D eigenvalue weighted by Crippen LogP contribution is -2.28. The number of hydrogen-bond donors (Lipinski definition) is 1. The fourth-order valence-electron chi connectivity index (χ4n) is 1.88. The highest BCUT2D eigenvalue weighted by Gasteiger charge is 2.06. The Kier molecular flexibility index (Phi) is 5.85. The number of rotatable bonds is 7. The zero-order valence-electron chi connectivity index (χ0n) is 10.5. The maximum absolute atomic E-state index is 5.95. The number of nitrogens with zero attached hydrogens (tertiary/aromatic N) is 2. The molecule has 1 atom stereocenters. The summed E-state index contributed by atoms with van der Waals surface area (Å²) in [7, 11) is 0. The molecular formula is C12H22ClN3. The maximum atomic E-state index is 5.95. The number of halogens is 1. The Morgan fingerprint density at radius 3 is 2.75 bits per heavy atom. The molecule has 0 fully saturated rings. The van der Waals surface area contributed by atoms with E-state index >= 15 is 0 Å². The predicted octanol–water partition coefficient (Wildman–Crippen LogP) is 3.01. The Morgan fingerprint density at radius 2 is 2.25 bits per heavy atom. The third-order valence-electron chi connectivity index (χ3n) is 2.95. The van der Waals surface area contributed by atoms with Gasteiger partial charge in [0.1, 0.15) is 0 Å². The second kappa shape index (κ2) is 6.92. The summed E-state index contributed by atoms with van der Waals surface area (Å²) in [5.41, 5.74) is 1.07. The van der Waals surface area contributed by atoms with Crippen molar-refractivity contribution in [2.75, 3.05) is 6.54 Å². The number of aromatic nitrogens is 2. The Hall–Kier alpha value is -0.540. The van der Waals surface area contributed by atoms with E-state index in [4.69, 9.17) is 11.6 Å². The number of nitrogens with one attached hydrogen (secondary N) is 1. The van der Waals surface area contributed by atoms with Crippen LogP contribution in [0.15, 0.2) is 6.20 Å². The van der Waals surface area contributed by atoms with Crippen LogP contribution in [-0.4, -0.2) is 22.4 Å². The molecule has 0 amide bonds. The monoisotopic (exact) mass is 243 g/mol. The minimum Gasteiger partial charge on any atom is -0.314 e. The van der Waals surface area contributed by atoms with Crippen LogP contribution in [0.4, 0.5) is 0 Å². The third kappa shape index (κ3) is 3.80. The van der Waals surface area contributed by atoms with Crippen LogP contribution in [0.25, 0.3) is 0 Å². The average Bonchev–Trinajstić information content (AvgIpc) is 2.59. The van der Waals surface area contributed by atoms with Gasteiger partial charge in [0.2, 0.25) is 0 Å². The van der Waals surface area contributed by atoms with E-state index in [0.29, 0.717) is 6.04 Å². The Labute approximate surface area is 103 Å². The van der Waals surface area contributed by atoms with E-state index in [1.807, 2.05) is 11.6 Å². The molecular weight excluding hydrogens is 222 g/mol. The molecule has 1 aromatic rings. The molecule has 1 rings (SSSR count). The van der Waals surface area contributed by atoms with Gasteiger partial charge in [0.25, 0.3) is 0 Å². The fraction of sp³-hybridized carbons (Fsp3) is 0.750. The van der Waals surface area contributed by atoms with Crippen molar-refractivity contribution < 1.29 is 0 Å². The molecule has 0 aliphatic heterocycles. The molecule has 1 unspecified atom stereocenters. The van der Waals surface area contributed by atoms with Gasteiger partial charge in [-0.3, -0.25) is 4.68 Å². The molecule has 0 aromatic carbocycles. The zero-order valence-corrected chi connectivity index (χ0v) is 11.2. The fourth-order valence-corrected chi connectivity index (χ4v) is 2.02. The number of hydrogen-bond acceptors (Lipinski definition) is 2. The van der Waals surface area contributed by atoms with Gasteiger partial charge in [-0.25, -0.2) is 0 Å². The van der Waals surface area contributed by atoms with Crippen molar-refractivity contribution in [3.8, 4) is 0 Å². The lowest BCUT2D eigenvalue weighted by atomic mass is 10.1. The van der Waals surface area contributed by atoms with Crippen molar-refractivity contribution in [2.24, 2.45) is 0 Å². The van der Waals surface area contributed by atoms with Gasteiger partial charge < -0.3 is 5.32 Å². The van der Waals surface area contributed by atoms with E-state index in [1.165, 1.54) is 12.8 Å². The lowest BCUT2D eigenvalue weighted by molar-refractivity contribution is 0.437. The first-order valence-electron chi connectivity index (χ1n) is 6.10. The van der Waals surface area contributed by atoms with Crippen LogP contribution in [0.5, 0.6) is 0 Å². The quantitative estimate of drug-likeness (QED) is 0.798. The summed E-state index contributed by atoms with van der Waals surface area (Å²) in [5.74, 6) is 0. The van der Waals surface area contributed by atoms with Crippen LogP contribution in [-0.2, 0) is 6.54 Å². The second-order valence-electron chi connectivity index (χ2n) is 4.11. The van der Waals surface area contributed by atoms with Crippen molar-refractivity contribution in [2.45, 2.75) is 52.6 Å². The lowest BCUT2D eigenvalue weighted by Gasteiger charge is -2.15. The molecule has 0 spiro atoms. The topological polar surface area (TPSA) is 29.9 Å². The molecule has 16 heavy (non-hydrogen) atoms. The van der Waals surface area contributed by atoms with Crippen LogP contribution in [0.3, 0.4) is 0 Å². The van der Waals surface area contributed by atoms with E-state index in [9.17, 15) is 0 Å². The molecule has 3 nitrogen and oxygen atoms in total. The smallest absolute Gasteiger partial charge is 0.0814 e. The number of aryl methyl sites for hydroxylation is 1. The van der Waals surface area contributed by atoms with E-state index in [-0.39, 0.29) is 0 Å². The first-order valence-corrected chi connectivity index (χ1v) is 6.48. The summed E-state index contributed by atoms with van der Waals surface area (Å²) in [5, 5.41) is 8.49. The third-order valence-corrected chi connectivity index (χ3v) is 3.32. The Morgan fingerprint density at radius 1 is 1.50 bits per heavy atom. The van der Waals surface area contributed by atoms with Crippen molar-refractivity contribution in [3.63, 3.8) is 0 Å². The first-order chi connectivity index (χ1) is 7.69. The summed E-state index contributed by atoms with van der Waals surface area (Å²) in [4.78, 5) is 0. The average molecular weight is 244 g/mol. The molecule has 0 aliphatic carbocycles. The molecule has 0 saturated carbocycles. The van der Waals surface area contributed by atoms with E-state index in [0.717, 1.165) is 30.2 Å². The van der Waals surface area contributed by atoms with Crippen LogP contribution in [0, 0.1) is 6.92 Å². The normalized spacial score (nSPS) is 13.0. The molecule has 0 radical (unpaired) electrons. The van der Waals surface area contributed by atoms with Gasteiger partial charge >= 0.3 is 0 Å². The van der Waals surface area contributed by atoms with E-state index in [1.54, 1.807) is 6.20 Å². The standard InChI is InChI=1S/C12H22ClN3/c1-4-11(14-5-2)7-6-8-16-10(3)12(13)9-15-16/h9,11,14H,4-8H2,1-3H3. The minimum atomic E-state index is 0.636. The Balaban J connectivity index is 2.32. The van der Waals surface area contributed by atoms with Crippen molar-refractivity contribution in [1.29, 1.82) is 0 Å². The van der Waals surface area contributed by atoms with Crippen molar-refractivity contribution in [3.05, 3.63) is 16.9 Å². The highest BCUT2D eigenvalue weighted by Crippen LogP contribution is 2.14. The Bertz CT molecular complexity index is 309. The summed E-state index contributed by atoms with van der Waals surface area (Å²) >= 11 is 5.95. The molecule has 1 N–H and O–H groups in total. The summed E-state index contributed by atoms with van der Waals surface area (Å²) in [6, 6.07) is 0.636. The molecule has 4 heteroatoms. The van der Waals surface area contributed by atoms with Crippen molar-refractivity contribution >= 4 is 11.6 Å². The molecule has 0 saturated heterocycles. The van der Waals surface area contributed by atoms with Gasteiger partial charge in [0.15, 0.2) is 0 Å². The molecule has 1 aromatic heterocycles.